The molecule has 0 aliphatic carbocycles. The van der Waals surface area contributed by atoms with Crippen molar-refractivity contribution in [3.05, 3.63) is 65.0 Å². The number of carbonyl (C=O) groups excluding carboxylic acids is 1. The molecule has 4 nitrogen and oxygen atoms in total. The molecule has 25 heavy (non-hydrogen) atoms. The van der Waals surface area contributed by atoms with Crippen LogP contribution in [0.1, 0.15) is 46.1 Å². The van der Waals surface area contributed by atoms with Gasteiger partial charge in [-0.05, 0) is 56.5 Å². The Balaban J connectivity index is 1.45. The minimum absolute atomic E-state index is 0.138. The molecule has 2 heterocycles. The lowest BCUT2D eigenvalue weighted by Crippen LogP contribution is -2.38. The highest BCUT2D eigenvalue weighted by molar-refractivity contribution is 5.94. The Hall–Kier alpha value is -2.62. The molecule has 0 radical (unpaired) electrons. The van der Waals surface area contributed by atoms with Crippen LogP contribution in [0, 0.1) is 13.8 Å². The number of aromatic amines is 1. The third-order valence-electron chi connectivity index (χ3n) is 5.12. The van der Waals surface area contributed by atoms with Crippen LogP contribution in [-0.2, 0) is 0 Å². The molecule has 1 fully saturated rings. The smallest absolute Gasteiger partial charge is 0.253 e. The van der Waals surface area contributed by atoms with Crippen LogP contribution in [0.25, 0.3) is 11.0 Å². The lowest BCUT2D eigenvalue weighted by atomic mass is 9.95. The molecule has 0 saturated carbocycles. The van der Waals surface area contributed by atoms with E-state index in [1.165, 1.54) is 11.1 Å². The molecule has 1 aromatic heterocycles. The second-order valence-corrected chi connectivity index (χ2v) is 7.08. The van der Waals surface area contributed by atoms with Crippen LogP contribution < -0.4 is 0 Å². The van der Waals surface area contributed by atoms with E-state index in [-0.39, 0.29) is 5.91 Å². The first-order valence-corrected chi connectivity index (χ1v) is 8.92. The van der Waals surface area contributed by atoms with Crippen LogP contribution in [0.2, 0.25) is 0 Å². The fraction of sp³-hybridized carbons (Fsp3) is 0.333. The lowest BCUT2D eigenvalue weighted by molar-refractivity contribution is 0.0711. The highest BCUT2D eigenvalue weighted by Crippen LogP contribution is 2.28. The number of likely N-dealkylation sites (tertiary alicyclic amines) is 1. The number of H-pyrrole nitrogens is 1. The highest BCUT2D eigenvalue weighted by Gasteiger charge is 2.26. The monoisotopic (exact) mass is 333 g/mol. The van der Waals surface area contributed by atoms with E-state index in [1.807, 2.05) is 36.1 Å². The van der Waals surface area contributed by atoms with Crippen LogP contribution in [0.4, 0.5) is 0 Å². The van der Waals surface area contributed by atoms with Crippen molar-refractivity contribution in [3.63, 3.8) is 0 Å². The van der Waals surface area contributed by atoms with Crippen LogP contribution in [0.15, 0.2) is 42.5 Å². The minimum Gasteiger partial charge on any atom is -0.342 e. The summed E-state index contributed by atoms with van der Waals surface area (Å²) >= 11 is 0. The largest absolute Gasteiger partial charge is 0.342 e. The maximum Gasteiger partial charge on any atom is 0.253 e. The molecule has 1 aliphatic rings. The fourth-order valence-electron chi connectivity index (χ4n) is 3.57. The van der Waals surface area contributed by atoms with Crippen LogP contribution in [0.3, 0.4) is 0 Å². The standard InChI is InChI=1S/C21H23N3O/c1-14-3-6-17(7-4-14)21(25)24-11-9-16(10-12-24)20-22-18-8-5-15(2)13-19(18)23-20/h3-8,13,16H,9-12H2,1-2H3,(H,22,23). The molecule has 1 amide bonds. The van der Waals surface area contributed by atoms with Gasteiger partial charge >= 0.3 is 0 Å². The van der Waals surface area contributed by atoms with Crippen molar-refractivity contribution in [2.45, 2.75) is 32.6 Å². The Morgan fingerprint density at radius 3 is 2.44 bits per heavy atom. The number of hydrogen-bond acceptors (Lipinski definition) is 2. The lowest BCUT2D eigenvalue weighted by Gasteiger charge is -2.31. The zero-order valence-corrected chi connectivity index (χ0v) is 14.7. The van der Waals surface area contributed by atoms with Crippen LogP contribution in [0.5, 0.6) is 0 Å². The van der Waals surface area contributed by atoms with Crippen molar-refractivity contribution in [2.24, 2.45) is 0 Å². The van der Waals surface area contributed by atoms with Crippen LogP contribution >= 0.6 is 0 Å². The van der Waals surface area contributed by atoms with E-state index in [4.69, 9.17) is 4.98 Å². The van der Waals surface area contributed by atoms with Gasteiger partial charge in [0.2, 0.25) is 0 Å². The number of carbonyl (C=O) groups is 1. The average molecular weight is 333 g/mol. The molecule has 0 bridgehead atoms. The van der Waals surface area contributed by atoms with E-state index in [0.717, 1.165) is 48.4 Å². The molecule has 128 valence electrons. The number of piperidine rings is 1. The number of aryl methyl sites for hydroxylation is 2. The van der Waals surface area contributed by atoms with Gasteiger partial charge in [-0.3, -0.25) is 4.79 Å². The molecule has 4 rings (SSSR count). The van der Waals surface area contributed by atoms with E-state index in [9.17, 15) is 4.79 Å². The van der Waals surface area contributed by atoms with Gasteiger partial charge in [0.15, 0.2) is 0 Å². The average Bonchev–Trinajstić information content (AvgIpc) is 3.05. The Morgan fingerprint density at radius 1 is 1.04 bits per heavy atom. The second-order valence-electron chi connectivity index (χ2n) is 7.08. The first-order chi connectivity index (χ1) is 12.1. The molecule has 1 N–H and O–H groups in total. The van der Waals surface area contributed by atoms with E-state index < -0.39 is 0 Å². The van der Waals surface area contributed by atoms with Crippen molar-refractivity contribution >= 4 is 16.9 Å². The number of rotatable bonds is 2. The van der Waals surface area contributed by atoms with Crippen molar-refractivity contribution in [1.29, 1.82) is 0 Å². The molecule has 2 aromatic carbocycles. The summed E-state index contributed by atoms with van der Waals surface area (Å²) in [5.74, 6) is 1.59. The zero-order valence-electron chi connectivity index (χ0n) is 14.7. The molecular formula is C21H23N3O. The summed E-state index contributed by atoms with van der Waals surface area (Å²) in [7, 11) is 0. The molecule has 1 saturated heterocycles. The zero-order chi connectivity index (χ0) is 17.4. The molecule has 0 atom stereocenters. The van der Waals surface area contributed by atoms with Gasteiger partial charge in [0.1, 0.15) is 5.82 Å². The first kappa shape index (κ1) is 15.9. The van der Waals surface area contributed by atoms with Crippen molar-refractivity contribution in [3.8, 4) is 0 Å². The third-order valence-corrected chi connectivity index (χ3v) is 5.12. The molecule has 4 heteroatoms. The van der Waals surface area contributed by atoms with Crippen molar-refractivity contribution in [2.75, 3.05) is 13.1 Å². The Morgan fingerprint density at radius 2 is 1.72 bits per heavy atom. The number of nitrogens with one attached hydrogen (secondary N) is 1. The summed E-state index contributed by atoms with van der Waals surface area (Å²) in [6.45, 7) is 5.70. The number of benzene rings is 2. The number of amides is 1. The topological polar surface area (TPSA) is 49.0 Å². The van der Waals surface area contributed by atoms with E-state index in [0.29, 0.717) is 5.92 Å². The van der Waals surface area contributed by atoms with Crippen LogP contribution in [-0.4, -0.2) is 33.9 Å². The van der Waals surface area contributed by atoms with Gasteiger partial charge < -0.3 is 9.88 Å². The molecule has 0 spiro atoms. The third kappa shape index (κ3) is 3.16. The predicted molar refractivity (Wildman–Crippen MR) is 99.9 cm³/mol. The Kier molecular flexibility index (Phi) is 4.04. The number of imidazole rings is 1. The SMILES string of the molecule is Cc1ccc(C(=O)N2CCC(c3nc4ccc(C)cc4[nH]3)CC2)cc1. The van der Waals surface area contributed by atoms with Gasteiger partial charge in [0.25, 0.3) is 5.91 Å². The van der Waals surface area contributed by atoms with Gasteiger partial charge in [-0.1, -0.05) is 23.8 Å². The first-order valence-electron chi connectivity index (χ1n) is 8.92. The highest BCUT2D eigenvalue weighted by atomic mass is 16.2. The Bertz CT molecular complexity index is 903. The van der Waals surface area contributed by atoms with E-state index in [2.05, 4.69) is 30.1 Å². The molecule has 0 unspecified atom stereocenters. The second kappa shape index (κ2) is 6.36. The van der Waals surface area contributed by atoms with Gasteiger partial charge in [0.05, 0.1) is 11.0 Å². The minimum atomic E-state index is 0.138. The van der Waals surface area contributed by atoms with E-state index in [1.54, 1.807) is 0 Å². The summed E-state index contributed by atoms with van der Waals surface area (Å²) in [6.07, 6.45) is 1.91. The normalized spacial score (nSPS) is 15.7. The van der Waals surface area contributed by atoms with Crippen molar-refractivity contribution in [1.82, 2.24) is 14.9 Å². The van der Waals surface area contributed by atoms with E-state index >= 15 is 0 Å². The summed E-state index contributed by atoms with van der Waals surface area (Å²) < 4.78 is 0. The molecule has 3 aromatic rings. The van der Waals surface area contributed by atoms with Gasteiger partial charge in [-0.15, -0.1) is 0 Å². The van der Waals surface area contributed by atoms with Crippen molar-refractivity contribution < 1.29 is 4.79 Å². The summed E-state index contributed by atoms with van der Waals surface area (Å²) in [6, 6.07) is 14.1. The predicted octanol–water partition coefficient (Wildman–Crippen LogP) is 4.20. The van der Waals surface area contributed by atoms with Gasteiger partial charge in [-0.25, -0.2) is 4.98 Å². The molecular weight excluding hydrogens is 310 g/mol. The number of fused-ring (bicyclic) bond motifs is 1. The summed E-state index contributed by atoms with van der Waals surface area (Å²) in [5.41, 5.74) is 5.33. The number of aromatic nitrogens is 2. The number of nitrogens with zero attached hydrogens (tertiary/aromatic N) is 2. The maximum absolute atomic E-state index is 12.6. The number of hydrogen-bond donors (Lipinski definition) is 1. The maximum atomic E-state index is 12.6. The Labute approximate surface area is 147 Å². The molecule has 1 aliphatic heterocycles. The summed E-state index contributed by atoms with van der Waals surface area (Å²) in [4.78, 5) is 22.8. The fourth-order valence-corrected chi connectivity index (χ4v) is 3.57. The summed E-state index contributed by atoms with van der Waals surface area (Å²) in [5, 5.41) is 0. The quantitative estimate of drug-likeness (QED) is 0.764. The van der Waals surface area contributed by atoms with Gasteiger partial charge in [-0.2, -0.15) is 0 Å². The van der Waals surface area contributed by atoms with Gasteiger partial charge in [0, 0.05) is 24.6 Å².